The van der Waals surface area contributed by atoms with E-state index in [2.05, 4.69) is 22.4 Å². The molecule has 0 N–H and O–H groups in total. The van der Waals surface area contributed by atoms with Crippen LogP contribution in [0.3, 0.4) is 0 Å². The summed E-state index contributed by atoms with van der Waals surface area (Å²) in [7, 11) is 2.00. The van der Waals surface area contributed by atoms with E-state index < -0.39 is 0 Å². The van der Waals surface area contributed by atoms with E-state index in [0.29, 0.717) is 18.8 Å². The average Bonchev–Trinajstić information content (AvgIpc) is 3.14. The highest BCUT2D eigenvalue weighted by Gasteiger charge is 2.28. The van der Waals surface area contributed by atoms with Crippen LogP contribution in [-0.2, 0) is 11.2 Å². The Morgan fingerprint density at radius 2 is 1.84 bits per heavy atom. The van der Waals surface area contributed by atoms with E-state index in [1.807, 2.05) is 36.2 Å². The lowest BCUT2D eigenvalue weighted by Gasteiger charge is -2.33. The van der Waals surface area contributed by atoms with Crippen molar-refractivity contribution in [2.45, 2.75) is 19.3 Å². The van der Waals surface area contributed by atoms with Crippen LogP contribution in [0.4, 0.5) is 11.6 Å². The molecule has 0 atom stereocenters. The van der Waals surface area contributed by atoms with Crippen LogP contribution in [-0.4, -0.2) is 36.0 Å². The fraction of sp³-hybridized carbons (Fsp3) is 0.316. The van der Waals surface area contributed by atoms with Gasteiger partial charge in [0.05, 0.1) is 11.0 Å². The molecule has 0 spiro atoms. The summed E-state index contributed by atoms with van der Waals surface area (Å²) in [5.74, 6) is 1.61. The lowest BCUT2D eigenvalue weighted by atomic mass is 10.2. The maximum Gasteiger partial charge on any atom is 0.228 e. The molecule has 5 nitrogen and oxygen atoms in total. The first-order valence-electron chi connectivity index (χ1n) is 8.53. The number of carbonyl (C=O) groups is 1. The summed E-state index contributed by atoms with van der Waals surface area (Å²) in [6.45, 7) is 1.44. The predicted molar refractivity (Wildman–Crippen MR) is 102 cm³/mol. The quantitative estimate of drug-likeness (QED) is 0.721. The van der Waals surface area contributed by atoms with Gasteiger partial charge in [-0.2, -0.15) is 0 Å². The molecule has 6 heteroatoms. The SMILES string of the molecule is CN1CCN(C(=O)CCCc2cccs2)c2nc3ccccc3nc21. The summed E-state index contributed by atoms with van der Waals surface area (Å²) in [6.07, 6.45) is 2.35. The summed E-state index contributed by atoms with van der Waals surface area (Å²) in [4.78, 5) is 27.4. The number of aromatic nitrogens is 2. The Balaban J connectivity index is 1.55. The van der Waals surface area contributed by atoms with E-state index in [-0.39, 0.29) is 5.91 Å². The second kappa shape index (κ2) is 6.80. The molecule has 1 amide bonds. The third-order valence-corrected chi connectivity index (χ3v) is 5.44. The number of thiophene rings is 1. The van der Waals surface area contributed by atoms with Crippen LogP contribution in [0.5, 0.6) is 0 Å². The standard InChI is InChI=1S/C19H20N4OS/c1-22-11-12-23(17(24)10-4-6-14-7-5-13-25-14)19-18(22)20-15-8-2-3-9-16(15)21-19/h2-3,5,7-9,13H,4,6,10-12H2,1H3. The third kappa shape index (κ3) is 3.22. The molecule has 0 radical (unpaired) electrons. The number of hydrogen-bond donors (Lipinski definition) is 0. The van der Waals surface area contributed by atoms with Crippen LogP contribution in [0.25, 0.3) is 11.0 Å². The Labute approximate surface area is 150 Å². The lowest BCUT2D eigenvalue weighted by molar-refractivity contribution is -0.118. The summed E-state index contributed by atoms with van der Waals surface area (Å²) in [5, 5.41) is 2.08. The molecular weight excluding hydrogens is 332 g/mol. The summed E-state index contributed by atoms with van der Waals surface area (Å²) in [6, 6.07) is 12.0. The van der Waals surface area contributed by atoms with Gasteiger partial charge in [-0.15, -0.1) is 11.3 Å². The van der Waals surface area contributed by atoms with Gasteiger partial charge in [0.2, 0.25) is 5.91 Å². The van der Waals surface area contributed by atoms with Gasteiger partial charge >= 0.3 is 0 Å². The van der Waals surface area contributed by atoms with Crippen LogP contribution in [0, 0.1) is 0 Å². The van der Waals surface area contributed by atoms with Crippen molar-refractivity contribution in [3.8, 4) is 0 Å². The number of rotatable bonds is 4. The number of nitrogens with zero attached hydrogens (tertiary/aromatic N) is 4. The number of aryl methyl sites for hydroxylation is 1. The summed E-state index contributed by atoms with van der Waals surface area (Å²) in [5.41, 5.74) is 1.69. The number of benzene rings is 1. The van der Waals surface area contributed by atoms with Gasteiger partial charge in [0.25, 0.3) is 0 Å². The third-order valence-electron chi connectivity index (χ3n) is 4.51. The summed E-state index contributed by atoms with van der Waals surface area (Å²) >= 11 is 1.75. The van der Waals surface area contributed by atoms with Crippen LogP contribution >= 0.6 is 11.3 Å². The zero-order valence-electron chi connectivity index (χ0n) is 14.2. The maximum atomic E-state index is 12.8. The second-order valence-electron chi connectivity index (χ2n) is 6.26. The number of amides is 1. The van der Waals surface area contributed by atoms with Gasteiger partial charge in [-0.05, 0) is 36.4 Å². The van der Waals surface area contributed by atoms with Crippen LogP contribution < -0.4 is 9.80 Å². The monoisotopic (exact) mass is 352 g/mol. The fourth-order valence-electron chi connectivity index (χ4n) is 3.13. The minimum atomic E-state index is 0.135. The molecule has 25 heavy (non-hydrogen) atoms. The van der Waals surface area contributed by atoms with Crippen molar-refractivity contribution in [3.63, 3.8) is 0 Å². The molecule has 0 saturated carbocycles. The van der Waals surface area contributed by atoms with Gasteiger partial charge in [0.15, 0.2) is 11.6 Å². The number of carbonyl (C=O) groups excluding carboxylic acids is 1. The predicted octanol–water partition coefficient (Wildman–Crippen LogP) is 3.50. The Bertz CT molecular complexity index is 894. The van der Waals surface area contributed by atoms with Crippen molar-refractivity contribution in [1.29, 1.82) is 0 Å². The molecule has 1 aliphatic rings. The molecule has 0 fully saturated rings. The molecule has 0 bridgehead atoms. The molecule has 0 aliphatic carbocycles. The van der Waals surface area contributed by atoms with Gasteiger partial charge < -0.3 is 4.90 Å². The number of fused-ring (bicyclic) bond motifs is 2. The van der Waals surface area contributed by atoms with Crippen LogP contribution in [0.1, 0.15) is 17.7 Å². The molecule has 3 aromatic rings. The van der Waals surface area contributed by atoms with Crippen molar-refractivity contribution < 1.29 is 4.79 Å². The molecule has 4 rings (SSSR count). The molecule has 2 aromatic heterocycles. The first-order valence-corrected chi connectivity index (χ1v) is 9.41. The van der Waals surface area contributed by atoms with Gasteiger partial charge in [-0.1, -0.05) is 18.2 Å². The van der Waals surface area contributed by atoms with Crippen molar-refractivity contribution in [3.05, 3.63) is 46.7 Å². The Hall–Kier alpha value is -2.47. The number of para-hydroxylation sites is 2. The molecule has 0 saturated heterocycles. The van der Waals surface area contributed by atoms with Crippen molar-refractivity contribution in [2.75, 3.05) is 29.9 Å². The molecule has 1 aliphatic heterocycles. The van der Waals surface area contributed by atoms with Crippen molar-refractivity contribution >= 4 is 39.9 Å². The zero-order chi connectivity index (χ0) is 17.2. The Morgan fingerprint density at radius 1 is 1.08 bits per heavy atom. The van der Waals surface area contributed by atoms with Gasteiger partial charge in [-0.25, -0.2) is 9.97 Å². The molecule has 128 valence electrons. The molecule has 3 heterocycles. The summed E-state index contributed by atoms with van der Waals surface area (Å²) < 4.78 is 0. The van der Waals surface area contributed by atoms with E-state index in [0.717, 1.165) is 36.2 Å². The molecular formula is C19H20N4OS. The number of likely N-dealkylation sites (N-methyl/N-ethyl adjacent to an activating group) is 1. The van der Waals surface area contributed by atoms with Crippen molar-refractivity contribution in [2.24, 2.45) is 0 Å². The topological polar surface area (TPSA) is 49.3 Å². The Morgan fingerprint density at radius 3 is 2.56 bits per heavy atom. The normalized spacial score (nSPS) is 14.0. The lowest BCUT2D eigenvalue weighted by Crippen LogP contribution is -2.43. The fourth-order valence-corrected chi connectivity index (χ4v) is 3.88. The molecule has 0 unspecified atom stereocenters. The van der Waals surface area contributed by atoms with Crippen LogP contribution in [0.15, 0.2) is 41.8 Å². The highest BCUT2D eigenvalue weighted by atomic mass is 32.1. The van der Waals surface area contributed by atoms with E-state index in [1.54, 1.807) is 11.3 Å². The van der Waals surface area contributed by atoms with Gasteiger partial charge in [-0.3, -0.25) is 9.69 Å². The molecule has 1 aromatic carbocycles. The van der Waals surface area contributed by atoms with E-state index in [4.69, 9.17) is 9.97 Å². The highest BCUT2D eigenvalue weighted by Crippen LogP contribution is 2.31. The zero-order valence-corrected chi connectivity index (χ0v) is 15.0. The number of anilines is 2. The Kier molecular flexibility index (Phi) is 4.36. The average molecular weight is 352 g/mol. The minimum Gasteiger partial charge on any atom is -0.355 e. The second-order valence-corrected chi connectivity index (χ2v) is 7.29. The van der Waals surface area contributed by atoms with E-state index in [1.165, 1.54) is 4.88 Å². The smallest absolute Gasteiger partial charge is 0.228 e. The number of hydrogen-bond acceptors (Lipinski definition) is 5. The first-order chi connectivity index (χ1) is 12.2. The maximum absolute atomic E-state index is 12.8. The van der Waals surface area contributed by atoms with Crippen molar-refractivity contribution in [1.82, 2.24) is 9.97 Å². The van der Waals surface area contributed by atoms with Gasteiger partial charge in [0, 0.05) is 31.4 Å². The van der Waals surface area contributed by atoms with E-state index >= 15 is 0 Å². The first kappa shape index (κ1) is 16.0. The van der Waals surface area contributed by atoms with Crippen LogP contribution in [0.2, 0.25) is 0 Å². The minimum absolute atomic E-state index is 0.135. The highest BCUT2D eigenvalue weighted by molar-refractivity contribution is 7.09. The van der Waals surface area contributed by atoms with E-state index in [9.17, 15) is 4.79 Å². The van der Waals surface area contributed by atoms with Gasteiger partial charge in [0.1, 0.15) is 0 Å². The largest absolute Gasteiger partial charge is 0.355 e.